The molecule has 4 heteroatoms. The molecule has 1 aliphatic heterocycles. The summed E-state index contributed by atoms with van der Waals surface area (Å²) in [4.78, 5) is 12.4. The Kier molecular flexibility index (Phi) is 6.42. The average Bonchev–Trinajstić information content (AvgIpc) is 2.69. The number of hydrogen-bond donors (Lipinski definition) is 2. The predicted molar refractivity (Wildman–Crippen MR) is 105 cm³/mol. The molecule has 2 aromatic rings. The normalized spacial score (nSPS) is 16.2. The summed E-state index contributed by atoms with van der Waals surface area (Å²) >= 11 is 0. The molecule has 0 radical (unpaired) electrons. The van der Waals surface area contributed by atoms with E-state index in [1.165, 1.54) is 11.1 Å². The first-order valence-electron chi connectivity index (χ1n) is 9.32. The second kappa shape index (κ2) is 8.97. The lowest BCUT2D eigenvalue weighted by Gasteiger charge is -2.37. The van der Waals surface area contributed by atoms with Crippen LogP contribution in [0.4, 0.5) is 0 Å². The summed E-state index contributed by atoms with van der Waals surface area (Å²) in [6.07, 6.45) is 2.48. The Hall–Kier alpha value is -2.17. The molecule has 3 rings (SSSR count). The third-order valence-corrected chi connectivity index (χ3v) is 5.20. The van der Waals surface area contributed by atoms with Crippen LogP contribution < -0.4 is 10.6 Å². The summed E-state index contributed by atoms with van der Waals surface area (Å²) in [7, 11) is 1.74. The molecule has 4 nitrogen and oxygen atoms in total. The second-order valence-corrected chi connectivity index (χ2v) is 7.20. The summed E-state index contributed by atoms with van der Waals surface area (Å²) in [5.74, 6) is 0.0754. The van der Waals surface area contributed by atoms with Gasteiger partial charge in [0.1, 0.15) is 0 Å². The van der Waals surface area contributed by atoms with Crippen molar-refractivity contribution < 1.29 is 9.53 Å². The van der Waals surface area contributed by atoms with Crippen molar-refractivity contribution in [3.05, 3.63) is 60.2 Å². The van der Waals surface area contributed by atoms with Gasteiger partial charge in [0.25, 0.3) is 0 Å². The number of nitrogens with one attached hydrogen (secondary N) is 2. The minimum absolute atomic E-state index is 0.0623. The van der Waals surface area contributed by atoms with Crippen LogP contribution in [-0.2, 0) is 16.0 Å². The molecule has 1 amide bonds. The number of carbonyl (C=O) groups is 1. The first-order chi connectivity index (χ1) is 12.7. The molecule has 1 aliphatic rings. The van der Waals surface area contributed by atoms with Crippen LogP contribution >= 0.6 is 0 Å². The van der Waals surface area contributed by atoms with Crippen LogP contribution in [-0.4, -0.2) is 39.3 Å². The third-order valence-electron chi connectivity index (χ3n) is 5.20. The molecule has 1 fully saturated rings. The average molecular weight is 352 g/mol. The van der Waals surface area contributed by atoms with Gasteiger partial charge in [-0.1, -0.05) is 54.6 Å². The molecule has 1 heterocycles. The standard InChI is InChI=1S/C22H28N2O2/c1-26-17-22(11-13-23-14-12-22)16-24-21(25)15-18-7-9-20(10-8-18)19-5-3-2-4-6-19/h2-10,23H,11-17H2,1H3,(H,24,25). The molecular weight excluding hydrogens is 324 g/mol. The molecule has 26 heavy (non-hydrogen) atoms. The quantitative estimate of drug-likeness (QED) is 0.805. The lowest BCUT2D eigenvalue weighted by molar-refractivity contribution is -0.121. The van der Waals surface area contributed by atoms with E-state index < -0.39 is 0 Å². The van der Waals surface area contributed by atoms with Gasteiger partial charge < -0.3 is 15.4 Å². The lowest BCUT2D eigenvalue weighted by Crippen LogP contribution is -2.47. The number of ether oxygens (including phenoxy) is 1. The highest BCUT2D eigenvalue weighted by Gasteiger charge is 2.32. The first-order valence-corrected chi connectivity index (χ1v) is 9.32. The summed E-state index contributed by atoms with van der Waals surface area (Å²) < 4.78 is 5.41. The monoisotopic (exact) mass is 352 g/mol. The Labute approximate surface area is 156 Å². The van der Waals surface area contributed by atoms with Crippen LogP contribution in [0.2, 0.25) is 0 Å². The van der Waals surface area contributed by atoms with Crippen molar-refractivity contribution in [2.45, 2.75) is 19.3 Å². The van der Waals surface area contributed by atoms with Crippen molar-refractivity contribution in [2.75, 3.05) is 33.4 Å². The lowest BCUT2D eigenvalue weighted by atomic mass is 9.79. The molecule has 0 spiro atoms. The zero-order valence-electron chi connectivity index (χ0n) is 15.5. The summed E-state index contributed by atoms with van der Waals surface area (Å²) in [6.45, 7) is 3.35. The smallest absolute Gasteiger partial charge is 0.224 e. The Morgan fingerprint density at radius 3 is 2.35 bits per heavy atom. The molecule has 0 saturated carbocycles. The van der Waals surface area contributed by atoms with Gasteiger partial charge in [-0.05, 0) is 42.6 Å². The zero-order chi connectivity index (χ0) is 18.2. The van der Waals surface area contributed by atoms with Crippen LogP contribution in [0.3, 0.4) is 0 Å². The van der Waals surface area contributed by atoms with Gasteiger partial charge in [-0.3, -0.25) is 4.79 Å². The van der Waals surface area contributed by atoms with Crippen molar-refractivity contribution >= 4 is 5.91 Å². The van der Waals surface area contributed by atoms with Crippen LogP contribution in [0.25, 0.3) is 11.1 Å². The molecule has 2 aromatic carbocycles. The molecule has 138 valence electrons. The van der Waals surface area contributed by atoms with Crippen LogP contribution in [0.5, 0.6) is 0 Å². The van der Waals surface area contributed by atoms with E-state index in [1.807, 2.05) is 30.3 Å². The molecule has 2 N–H and O–H groups in total. The maximum absolute atomic E-state index is 12.4. The van der Waals surface area contributed by atoms with E-state index in [2.05, 4.69) is 34.9 Å². The van der Waals surface area contributed by atoms with Crippen LogP contribution in [0, 0.1) is 5.41 Å². The zero-order valence-corrected chi connectivity index (χ0v) is 15.5. The van der Waals surface area contributed by atoms with E-state index in [4.69, 9.17) is 4.74 Å². The van der Waals surface area contributed by atoms with Crippen molar-refractivity contribution in [1.82, 2.24) is 10.6 Å². The number of rotatable bonds is 7. The molecule has 0 unspecified atom stereocenters. The van der Waals surface area contributed by atoms with Gasteiger partial charge in [-0.25, -0.2) is 0 Å². The van der Waals surface area contributed by atoms with E-state index in [-0.39, 0.29) is 11.3 Å². The Balaban J connectivity index is 1.54. The molecule has 1 saturated heterocycles. The van der Waals surface area contributed by atoms with Crippen molar-refractivity contribution in [3.63, 3.8) is 0 Å². The minimum atomic E-state index is 0.0623. The Morgan fingerprint density at radius 2 is 1.69 bits per heavy atom. The van der Waals surface area contributed by atoms with Gasteiger partial charge in [0.05, 0.1) is 13.0 Å². The van der Waals surface area contributed by atoms with Crippen molar-refractivity contribution in [3.8, 4) is 11.1 Å². The van der Waals surface area contributed by atoms with E-state index >= 15 is 0 Å². The maximum Gasteiger partial charge on any atom is 0.224 e. The van der Waals surface area contributed by atoms with Crippen molar-refractivity contribution in [2.24, 2.45) is 5.41 Å². The molecule has 0 aliphatic carbocycles. The fourth-order valence-corrected chi connectivity index (χ4v) is 3.62. The van der Waals surface area contributed by atoms with E-state index in [1.54, 1.807) is 7.11 Å². The second-order valence-electron chi connectivity index (χ2n) is 7.20. The van der Waals surface area contributed by atoms with E-state index in [0.717, 1.165) is 31.5 Å². The Morgan fingerprint density at radius 1 is 1.04 bits per heavy atom. The van der Waals surface area contributed by atoms with Gasteiger partial charge in [-0.15, -0.1) is 0 Å². The molecule has 0 atom stereocenters. The predicted octanol–water partition coefficient (Wildman–Crippen LogP) is 3.03. The van der Waals surface area contributed by atoms with Gasteiger partial charge in [0.2, 0.25) is 5.91 Å². The highest BCUT2D eigenvalue weighted by Crippen LogP contribution is 2.28. The largest absolute Gasteiger partial charge is 0.384 e. The molecule has 0 bridgehead atoms. The van der Waals surface area contributed by atoms with Gasteiger partial charge in [0, 0.05) is 19.1 Å². The SMILES string of the molecule is COCC1(CNC(=O)Cc2ccc(-c3ccccc3)cc2)CCNCC1. The fourth-order valence-electron chi connectivity index (χ4n) is 3.62. The highest BCUT2D eigenvalue weighted by molar-refractivity contribution is 5.79. The number of amides is 1. The van der Waals surface area contributed by atoms with Gasteiger partial charge >= 0.3 is 0 Å². The van der Waals surface area contributed by atoms with E-state index in [9.17, 15) is 4.79 Å². The summed E-state index contributed by atoms with van der Waals surface area (Å²) in [5, 5.41) is 6.50. The number of benzene rings is 2. The molecular formula is C22H28N2O2. The third kappa shape index (κ3) is 4.93. The first kappa shape index (κ1) is 18.6. The van der Waals surface area contributed by atoms with Crippen LogP contribution in [0.15, 0.2) is 54.6 Å². The summed E-state index contributed by atoms with van der Waals surface area (Å²) in [6, 6.07) is 18.5. The maximum atomic E-state index is 12.4. The number of methoxy groups -OCH3 is 1. The molecule has 0 aromatic heterocycles. The van der Waals surface area contributed by atoms with Gasteiger partial charge in [-0.2, -0.15) is 0 Å². The number of piperidine rings is 1. The Bertz CT molecular complexity index is 686. The van der Waals surface area contributed by atoms with E-state index in [0.29, 0.717) is 19.6 Å². The summed E-state index contributed by atoms with van der Waals surface area (Å²) in [5.41, 5.74) is 3.46. The fraction of sp³-hybridized carbons (Fsp3) is 0.409. The van der Waals surface area contributed by atoms with Crippen LogP contribution in [0.1, 0.15) is 18.4 Å². The number of hydrogen-bond acceptors (Lipinski definition) is 3. The topological polar surface area (TPSA) is 50.4 Å². The number of carbonyl (C=O) groups excluding carboxylic acids is 1. The highest BCUT2D eigenvalue weighted by atomic mass is 16.5. The van der Waals surface area contributed by atoms with Gasteiger partial charge in [0.15, 0.2) is 0 Å². The minimum Gasteiger partial charge on any atom is -0.384 e. The van der Waals surface area contributed by atoms with Crippen molar-refractivity contribution in [1.29, 1.82) is 0 Å².